The summed E-state index contributed by atoms with van der Waals surface area (Å²) in [5.74, 6) is -1.16. The van der Waals surface area contributed by atoms with E-state index >= 15 is 0 Å². The zero-order valence-corrected chi connectivity index (χ0v) is 21.8. The normalized spacial score (nSPS) is 13.9. The van der Waals surface area contributed by atoms with Crippen LogP contribution in [0.15, 0.2) is 36.7 Å². The first-order chi connectivity index (χ1) is 19.2. The molecule has 3 aromatic rings. The second kappa shape index (κ2) is 14.0. The highest BCUT2D eigenvalue weighted by molar-refractivity contribution is 6.28. The molecule has 15 heteroatoms. The van der Waals surface area contributed by atoms with Crippen molar-refractivity contribution in [2.75, 3.05) is 31.7 Å². The van der Waals surface area contributed by atoms with Gasteiger partial charge in [-0.2, -0.15) is 9.97 Å². The van der Waals surface area contributed by atoms with Crippen LogP contribution in [0.4, 0.5) is 5.82 Å². The van der Waals surface area contributed by atoms with Gasteiger partial charge in [-0.1, -0.05) is 36.3 Å². The average molecular weight is 578 g/mol. The molecule has 0 spiro atoms. The Morgan fingerprint density at radius 3 is 2.48 bits per heavy atom. The molecule has 0 amide bonds. The van der Waals surface area contributed by atoms with Gasteiger partial charge in [-0.15, -0.1) is 6.42 Å². The number of imidazole rings is 1. The second-order valence-corrected chi connectivity index (χ2v) is 8.86. The van der Waals surface area contributed by atoms with Crippen molar-refractivity contribution in [2.24, 2.45) is 0 Å². The molecule has 40 heavy (non-hydrogen) atoms. The van der Waals surface area contributed by atoms with Crippen molar-refractivity contribution in [3.63, 3.8) is 0 Å². The minimum absolute atomic E-state index is 0.0608. The quantitative estimate of drug-likeness (QED) is 0.0586. The number of aliphatic carboxylic acids is 2. The van der Waals surface area contributed by atoms with E-state index in [1.165, 1.54) is 10.9 Å². The standard InChI is InChI=1S/C25H28ClN5O9/c1-2-17(34)21(31-14-28-18-19(27-9-6-10-32)29-24(26)30-20(18)31)40-16(12-33)13-39-25(22(35)36,23(37)38)11-15-7-4-3-5-8-15/h1,3-5,7-8,14,16-17,21,32-34H,6,9-13H2,(H,35,36)(H,37,38)(H,27,29,30)/t16-,17+,21+/m0/s1. The van der Waals surface area contributed by atoms with Crippen LogP contribution in [0.1, 0.15) is 18.2 Å². The molecule has 1 aromatic carbocycles. The summed E-state index contributed by atoms with van der Waals surface area (Å²) in [5, 5.41) is 52.0. The van der Waals surface area contributed by atoms with Crippen LogP contribution < -0.4 is 5.32 Å². The third kappa shape index (κ3) is 7.02. The minimum Gasteiger partial charge on any atom is -0.479 e. The zero-order chi connectivity index (χ0) is 29.3. The topological polar surface area (TPSA) is 209 Å². The first-order valence-corrected chi connectivity index (χ1v) is 12.3. The lowest BCUT2D eigenvalue weighted by Crippen LogP contribution is -2.52. The number of anilines is 1. The fraction of sp³-hybridized carbons (Fsp3) is 0.400. The molecule has 0 radical (unpaired) electrons. The van der Waals surface area contributed by atoms with Crippen molar-refractivity contribution in [3.05, 3.63) is 47.5 Å². The Balaban J connectivity index is 1.89. The molecule has 0 fully saturated rings. The molecule has 3 atom stereocenters. The Labute approximate surface area is 233 Å². The third-order valence-electron chi connectivity index (χ3n) is 5.77. The smallest absolute Gasteiger partial charge is 0.348 e. The lowest BCUT2D eigenvalue weighted by molar-refractivity contribution is -0.195. The summed E-state index contributed by atoms with van der Waals surface area (Å²) >= 11 is 6.07. The SMILES string of the molecule is C#C[C@@H](O)[C@@H](O[C@@H](CO)COC(Cc1ccccc1)(C(=O)O)C(=O)O)n1cnc2c(NCCCO)nc(Cl)nc21. The minimum atomic E-state index is -2.70. The van der Waals surface area contributed by atoms with Crippen molar-refractivity contribution in [1.82, 2.24) is 19.5 Å². The lowest BCUT2D eigenvalue weighted by atomic mass is 9.94. The van der Waals surface area contributed by atoms with Crippen molar-refractivity contribution < 1.29 is 44.6 Å². The zero-order valence-electron chi connectivity index (χ0n) is 21.1. The number of nitrogens with zero attached hydrogens (tertiary/aromatic N) is 4. The van der Waals surface area contributed by atoms with E-state index in [0.29, 0.717) is 18.5 Å². The Hall–Kier alpha value is -3.84. The van der Waals surface area contributed by atoms with Crippen molar-refractivity contribution >= 4 is 40.5 Å². The van der Waals surface area contributed by atoms with Crippen LogP contribution in [0.2, 0.25) is 5.28 Å². The van der Waals surface area contributed by atoms with Gasteiger partial charge in [0.2, 0.25) is 5.28 Å². The summed E-state index contributed by atoms with van der Waals surface area (Å²) in [6, 6.07) is 8.02. The molecule has 3 rings (SSSR count). The number of terminal acetylenes is 1. The monoisotopic (exact) mass is 577 g/mol. The number of ether oxygens (including phenoxy) is 2. The van der Waals surface area contributed by atoms with Gasteiger partial charge in [0.25, 0.3) is 5.60 Å². The number of carboxylic acids is 2. The van der Waals surface area contributed by atoms with Crippen LogP contribution in [0.3, 0.4) is 0 Å². The first-order valence-electron chi connectivity index (χ1n) is 12.0. The summed E-state index contributed by atoms with van der Waals surface area (Å²) in [7, 11) is 0. The number of nitrogens with one attached hydrogen (secondary N) is 1. The Bertz CT molecular complexity index is 1330. The highest BCUT2D eigenvalue weighted by atomic mass is 35.5. The molecule has 6 N–H and O–H groups in total. The molecular formula is C25H28ClN5O9. The predicted molar refractivity (Wildman–Crippen MR) is 140 cm³/mol. The van der Waals surface area contributed by atoms with E-state index in [-0.39, 0.29) is 28.9 Å². The molecule has 0 saturated carbocycles. The number of hydrogen-bond donors (Lipinski definition) is 6. The molecule has 0 aliphatic carbocycles. The predicted octanol–water partition coefficient (Wildman–Crippen LogP) is 0.311. The molecule has 214 valence electrons. The van der Waals surface area contributed by atoms with Crippen LogP contribution in [0, 0.1) is 12.3 Å². The maximum Gasteiger partial charge on any atom is 0.348 e. The van der Waals surface area contributed by atoms with E-state index in [0.717, 1.165) is 0 Å². The number of fused-ring (bicyclic) bond motifs is 1. The van der Waals surface area contributed by atoms with Crippen LogP contribution in [0.5, 0.6) is 0 Å². The Morgan fingerprint density at radius 2 is 1.88 bits per heavy atom. The highest BCUT2D eigenvalue weighted by Crippen LogP contribution is 2.27. The maximum atomic E-state index is 12.1. The summed E-state index contributed by atoms with van der Waals surface area (Å²) in [6.07, 6.45) is 2.16. The summed E-state index contributed by atoms with van der Waals surface area (Å²) < 4.78 is 12.4. The Morgan fingerprint density at radius 1 is 1.18 bits per heavy atom. The third-order valence-corrected chi connectivity index (χ3v) is 5.94. The van der Waals surface area contributed by atoms with Gasteiger partial charge < -0.3 is 40.3 Å². The number of aromatic nitrogens is 4. The van der Waals surface area contributed by atoms with Crippen LogP contribution >= 0.6 is 11.6 Å². The second-order valence-electron chi connectivity index (χ2n) is 8.52. The number of rotatable bonds is 16. The number of carboxylic acid groups (broad SMARTS) is 2. The fourth-order valence-electron chi connectivity index (χ4n) is 3.73. The number of hydrogen-bond acceptors (Lipinski definition) is 11. The van der Waals surface area contributed by atoms with E-state index in [4.69, 9.17) is 32.6 Å². The van der Waals surface area contributed by atoms with Gasteiger partial charge in [-0.05, 0) is 23.6 Å². The van der Waals surface area contributed by atoms with Crippen LogP contribution in [-0.4, -0.2) is 101 Å². The van der Waals surface area contributed by atoms with E-state index < -0.39 is 55.6 Å². The fourth-order valence-corrected chi connectivity index (χ4v) is 3.89. The van der Waals surface area contributed by atoms with Gasteiger partial charge in [0.05, 0.1) is 19.5 Å². The Kier molecular flexibility index (Phi) is 10.7. The van der Waals surface area contributed by atoms with Gasteiger partial charge in [0.1, 0.15) is 6.10 Å². The highest BCUT2D eigenvalue weighted by Gasteiger charge is 2.49. The number of carbonyl (C=O) groups is 2. The van der Waals surface area contributed by atoms with Crippen molar-refractivity contribution in [2.45, 2.75) is 36.9 Å². The van der Waals surface area contributed by atoms with Crippen LogP contribution in [0.25, 0.3) is 11.2 Å². The van der Waals surface area contributed by atoms with Gasteiger partial charge in [0, 0.05) is 19.6 Å². The van der Waals surface area contributed by atoms with E-state index in [2.05, 4.69) is 26.2 Å². The number of aliphatic hydroxyl groups is 3. The molecule has 2 heterocycles. The molecular weight excluding hydrogens is 550 g/mol. The number of benzene rings is 1. The maximum absolute atomic E-state index is 12.1. The van der Waals surface area contributed by atoms with E-state index in [9.17, 15) is 30.0 Å². The summed E-state index contributed by atoms with van der Waals surface area (Å²) in [4.78, 5) is 36.6. The number of aliphatic hydroxyl groups excluding tert-OH is 3. The average Bonchev–Trinajstić information content (AvgIpc) is 3.35. The van der Waals surface area contributed by atoms with Gasteiger partial charge in [0.15, 0.2) is 29.3 Å². The molecule has 0 aliphatic heterocycles. The molecule has 2 aromatic heterocycles. The van der Waals surface area contributed by atoms with Gasteiger partial charge in [-0.3, -0.25) is 4.57 Å². The van der Waals surface area contributed by atoms with Crippen LogP contribution in [-0.2, 0) is 25.5 Å². The summed E-state index contributed by atoms with van der Waals surface area (Å²) in [5.41, 5.74) is -1.98. The summed E-state index contributed by atoms with van der Waals surface area (Å²) in [6.45, 7) is -1.17. The van der Waals surface area contributed by atoms with Gasteiger partial charge in [-0.25, -0.2) is 14.6 Å². The van der Waals surface area contributed by atoms with Crippen molar-refractivity contribution in [3.8, 4) is 12.3 Å². The molecule has 0 bridgehead atoms. The first kappa shape index (κ1) is 30.7. The largest absolute Gasteiger partial charge is 0.479 e. The lowest BCUT2D eigenvalue weighted by Gasteiger charge is -2.30. The molecule has 14 nitrogen and oxygen atoms in total. The molecule has 0 aliphatic rings. The van der Waals surface area contributed by atoms with E-state index in [1.54, 1.807) is 30.3 Å². The molecule has 0 unspecified atom stereocenters. The number of halogens is 1. The van der Waals surface area contributed by atoms with E-state index in [1.807, 2.05) is 0 Å². The van der Waals surface area contributed by atoms with Crippen molar-refractivity contribution in [1.29, 1.82) is 0 Å². The molecule has 0 saturated heterocycles. The van der Waals surface area contributed by atoms with Gasteiger partial charge >= 0.3 is 11.9 Å².